The van der Waals surface area contributed by atoms with E-state index in [0.717, 1.165) is 19.5 Å². The van der Waals surface area contributed by atoms with Crippen LogP contribution in [0.5, 0.6) is 0 Å². The lowest BCUT2D eigenvalue weighted by Gasteiger charge is -2.33. The van der Waals surface area contributed by atoms with Crippen LogP contribution in [0.15, 0.2) is 42.7 Å². The third-order valence-corrected chi connectivity index (χ3v) is 4.58. The van der Waals surface area contributed by atoms with Gasteiger partial charge in [0.15, 0.2) is 0 Å². The first-order valence-corrected chi connectivity index (χ1v) is 8.81. The van der Waals surface area contributed by atoms with Gasteiger partial charge in [0.25, 0.3) is 0 Å². The highest BCUT2D eigenvalue weighted by Crippen LogP contribution is 2.19. The van der Waals surface area contributed by atoms with Crippen LogP contribution in [0.1, 0.15) is 24.5 Å². The standard InChI is InChI=1S/C19H25N5O/c1-15(24-12-8-16-5-2-3-6-17(16)14-24)13-23-18(25)7-11-22-19-20-9-4-10-21-19/h2-6,9-10,15H,7-8,11-14H2,1H3,(H,23,25)(H,20,21,22)/t15-/m0/s1. The molecule has 6 nitrogen and oxygen atoms in total. The molecule has 1 amide bonds. The number of amides is 1. The van der Waals surface area contributed by atoms with Gasteiger partial charge in [-0.15, -0.1) is 0 Å². The zero-order valence-corrected chi connectivity index (χ0v) is 14.6. The van der Waals surface area contributed by atoms with Crippen molar-refractivity contribution in [1.82, 2.24) is 20.2 Å². The second kappa shape index (κ2) is 8.58. The fraction of sp³-hybridized carbons (Fsp3) is 0.421. The molecular weight excluding hydrogens is 314 g/mol. The molecule has 0 unspecified atom stereocenters. The predicted octanol–water partition coefficient (Wildman–Crippen LogP) is 1.84. The van der Waals surface area contributed by atoms with Crippen molar-refractivity contribution in [3.05, 3.63) is 53.9 Å². The normalized spacial score (nSPS) is 15.2. The van der Waals surface area contributed by atoms with Crippen molar-refractivity contribution in [3.8, 4) is 0 Å². The number of nitrogens with zero attached hydrogens (tertiary/aromatic N) is 3. The lowest BCUT2D eigenvalue weighted by Crippen LogP contribution is -2.44. The maximum atomic E-state index is 12.0. The van der Waals surface area contributed by atoms with Crippen LogP contribution >= 0.6 is 0 Å². The van der Waals surface area contributed by atoms with Crippen LogP contribution in [-0.2, 0) is 17.8 Å². The van der Waals surface area contributed by atoms with Crippen LogP contribution < -0.4 is 10.6 Å². The summed E-state index contributed by atoms with van der Waals surface area (Å²) < 4.78 is 0. The maximum Gasteiger partial charge on any atom is 0.222 e. The number of hydrogen-bond donors (Lipinski definition) is 2. The minimum Gasteiger partial charge on any atom is -0.354 e. The van der Waals surface area contributed by atoms with Gasteiger partial charge in [0.1, 0.15) is 0 Å². The first-order valence-electron chi connectivity index (χ1n) is 8.81. The van der Waals surface area contributed by atoms with Gasteiger partial charge in [-0.1, -0.05) is 24.3 Å². The second-order valence-electron chi connectivity index (χ2n) is 6.39. The van der Waals surface area contributed by atoms with Gasteiger partial charge in [-0.3, -0.25) is 9.69 Å². The number of aromatic nitrogens is 2. The summed E-state index contributed by atoms with van der Waals surface area (Å²) in [6.07, 6.45) is 4.84. The van der Waals surface area contributed by atoms with Crippen molar-refractivity contribution in [2.45, 2.75) is 32.4 Å². The molecule has 2 heterocycles. The number of benzene rings is 1. The SMILES string of the molecule is C[C@@H](CNC(=O)CCNc1ncccn1)N1CCc2ccccc2C1. The van der Waals surface area contributed by atoms with E-state index in [2.05, 4.69) is 56.7 Å². The lowest BCUT2D eigenvalue weighted by molar-refractivity contribution is -0.121. The molecule has 2 N–H and O–H groups in total. The van der Waals surface area contributed by atoms with Crippen molar-refractivity contribution in [2.75, 3.05) is 25.0 Å². The quantitative estimate of drug-likeness (QED) is 0.805. The Kier molecular flexibility index (Phi) is 5.95. The van der Waals surface area contributed by atoms with Gasteiger partial charge in [-0.2, -0.15) is 0 Å². The molecule has 1 aliphatic rings. The van der Waals surface area contributed by atoms with Gasteiger partial charge in [-0.05, 0) is 30.5 Å². The number of fused-ring (bicyclic) bond motifs is 1. The fourth-order valence-corrected chi connectivity index (χ4v) is 3.05. The highest BCUT2D eigenvalue weighted by atomic mass is 16.1. The van der Waals surface area contributed by atoms with Crippen molar-refractivity contribution in [3.63, 3.8) is 0 Å². The highest BCUT2D eigenvalue weighted by Gasteiger charge is 2.20. The van der Waals surface area contributed by atoms with Gasteiger partial charge in [0.2, 0.25) is 11.9 Å². The van der Waals surface area contributed by atoms with Crippen LogP contribution in [-0.4, -0.2) is 46.5 Å². The van der Waals surface area contributed by atoms with E-state index in [1.54, 1.807) is 18.5 Å². The van der Waals surface area contributed by atoms with Gasteiger partial charge >= 0.3 is 0 Å². The van der Waals surface area contributed by atoms with E-state index in [1.807, 2.05) is 0 Å². The number of anilines is 1. The minimum atomic E-state index is 0.0488. The van der Waals surface area contributed by atoms with Crippen LogP contribution in [0.4, 0.5) is 5.95 Å². The topological polar surface area (TPSA) is 70.1 Å². The Balaban J connectivity index is 1.37. The Morgan fingerprint density at radius 3 is 2.76 bits per heavy atom. The zero-order valence-electron chi connectivity index (χ0n) is 14.6. The molecule has 0 saturated carbocycles. The van der Waals surface area contributed by atoms with Crippen LogP contribution in [0, 0.1) is 0 Å². The van der Waals surface area contributed by atoms with E-state index in [-0.39, 0.29) is 5.91 Å². The zero-order chi connectivity index (χ0) is 17.5. The fourth-order valence-electron chi connectivity index (χ4n) is 3.05. The monoisotopic (exact) mass is 339 g/mol. The molecule has 0 aliphatic carbocycles. The minimum absolute atomic E-state index is 0.0488. The molecule has 1 atom stereocenters. The average Bonchev–Trinajstić information content (AvgIpc) is 2.66. The summed E-state index contributed by atoms with van der Waals surface area (Å²) in [4.78, 5) is 22.6. The Labute approximate surface area is 148 Å². The summed E-state index contributed by atoms with van der Waals surface area (Å²) in [6, 6.07) is 10.7. The molecule has 1 aromatic carbocycles. The molecular formula is C19H25N5O. The van der Waals surface area contributed by atoms with Gasteiger partial charge in [0.05, 0.1) is 0 Å². The summed E-state index contributed by atoms with van der Waals surface area (Å²) in [5.74, 6) is 0.600. The summed E-state index contributed by atoms with van der Waals surface area (Å²) in [5, 5.41) is 6.07. The molecule has 0 fully saturated rings. The average molecular weight is 339 g/mol. The Morgan fingerprint density at radius 1 is 1.20 bits per heavy atom. The molecule has 0 spiro atoms. The molecule has 25 heavy (non-hydrogen) atoms. The molecule has 1 aliphatic heterocycles. The number of hydrogen-bond acceptors (Lipinski definition) is 5. The number of rotatable bonds is 7. The van der Waals surface area contributed by atoms with Gasteiger partial charge in [0, 0.05) is 51.0 Å². The summed E-state index contributed by atoms with van der Waals surface area (Å²) in [7, 11) is 0. The van der Waals surface area contributed by atoms with E-state index >= 15 is 0 Å². The Hall–Kier alpha value is -2.47. The van der Waals surface area contributed by atoms with Gasteiger partial charge < -0.3 is 10.6 Å². The Morgan fingerprint density at radius 2 is 1.96 bits per heavy atom. The molecule has 132 valence electrons. The van der Waals surface area contributed by atoms with E-state index in [4.69, 9.17) is 0 Å². The lowest BCUT2D eigenvalue weighted by atomic mass is 9.99. The third kappa shape index (κ3) is 5.00. The molecule has 0 bridgehead atoms. The second-order valence-corrected chi connectivity index (χ2v) is 6.39. The molecule has 2 aromatic rings. The predicted molar refractivity (Wildman–Crippen MR) is 98.2 cm³/mol. The van der Waals surface area contributed by atoms with Crippen LogP contribution in [0.25, 0.3) is 0 Å². The first-order chi connectivity index (χ1) is 12.2. The van der Waals surface area contributed by atoms with Crippen LogP contribution in [0.3, 0.4) is 0 Å². The van der Waals surface area contributed by atoms with Crippen LogP contribution in [0.2, 0.25) is 0 Å². The number of nitrogens with one attached hydrogen (secondary N) is 2. The molecule has 0 saturated heterocycles. The van der Waals surface area contributed by atoms with E-state index in [0.29, 0.717) is 31.5 Å². The maximum absolute atomic E-state index is 12.0. The summed E-state index contributed by atoms with van der Waals surface area (Å²) in [5.41, 5.74) is 2.85. The third-order valence-electron chi connectivity index (χ3n) is 4.58. The first kappa shape index (κ1) is 17.4. The van der Waals surface area contributed by atoms with E-state index in [9.17, 15) is 4.79 Å². The van der Waals surface area contributed by atoms with Crippen molar-refractivity contribution < 1.29 is 4.79 Å². The number of carbonyl (C=O) groups excluding carboxylic acids is 1. The molecule has 6 heteroatoms. The van der Waals surface area contributed by atoms with Gasteiger partial charge in [-0.25, -0.2) is 9.97 Å². The number of carbonyl (C=O) groups is 1. The molecule has 1 aromatic heterocycles. The van der Waals surface area contributed by atoms with E-state index in [1.165, 1.54) is 11.1 Å². The van der Waals surface area contributed by atoms with E-state index < -0.39 is 0 Å². The summed E-state index contributed by atoms with van der Waals surface area (Å²) in [6.45, 7) is 5.37. The van der Waals surface area contributed by atoms with Crippen molar-refractivity contribution >= 4 is 11.9 Å². The van der Waals surface area contributed by atoms with Crippen molar-refractivity contribution in [1.29, 1.82) is 0 Å². The van der Waals surface area contributed by atoms with Crippen molar-refractivity contribution in [2.24, 2.45) is 0 Å². The summed E-state index contributed by atoms with van der Waals surface area (Å²) >= 11 is 0. The Bertz CT molecular complexity index is 691. The largest absolute Gasteiger partial charge is 0.354 e. The smallest absolute Gasteiger partial charge is 0.222 e. The molecule has 3 rings (SSSR count). The molecule has 0 radical (unpaired) electrons. The highest BCUT2D eigenvalue weighted by molar-refractivity contribution is 5.76.